The van der Waals surface area contributed by atoms with Crippen LogP contribution in [0.5, 0.6) is 0 Å². The Morgan fingerprint density at radius 3 is 2.40 bits per heavy atom. The lowest BCUT2D eigenvalue weighted by molar-refractivity contribution is -0.733. The van der Waals surface area contributed by atoms with Crippen molar-refractivity contribution in [2.24, 2.45) is 0 Å². The van der Waals surface area contributed by atoms with E-state index < -0.39 is 5.54 Å². The molecule has 5 heterocycles. The molecule has 0 aliphatic carbocycles. The van der Waals surface area contributed by atoms with Crippen molar-refractivity contribution in [1.29, 1.82) is 0 Å². The van der Waals surface area contributed by atoms with Crippen molar-refractivity contribution >= 4 is 33.6 Å². The smallest absolute Gasteiger partial charge is 0.185 e. The summed E-state index contributed by atoms with van der Waals surface area (Å²) in [7, 11) is 0. The first-order valence-electron chi connectivity index (χ1n) is 15.0. The van der Waals surface area contributed by atoms with Crippen LogP contribution in [0.2, 0.25) is 0 Å². The van der Waals surface area contributed by atoms with Gasteiger partial charge in [-0.25, -0.2) is 0 Å². The van der Waals surface area contributed by atoms with E-state index in [9.17, 15) is 0 Å². The van der Waals surface area contributed by atoms with Gasteiger partial charge in [0, 0.05) is 12.1 Å². The molecule has 0 bridgehead atoms. The van der Waals surface area contributed by atoms with Crippen LogP contribution in [0, 0.1) is 0 Å². The number of hydrogen-bond donors (Lipinski definition) is 0. The van der Waals surface area contributed by atoms with Gasteiger partial charge >= 0.3 is 11.4 Å². The number of rotatable bonds is 1. The number of fused-ring (bicyclic) bond motifs is 9. The molecule has 3 aliphatic rings. The first-order chi connectivity index (χ1) is 21.0. The van der Waals surface area contributed by atoms with Crippen LogP contribution < -0.4 is 9.13 Å². The van der Waals surface area contributed by atoms with Gasteiger partial charge in [0.25, 0.3) is 0 Å². The maximum Gasteiger partial charge on any atom is 0.352 e. The van der Waals surface area contributed by atoms with Crippen LogP contribution in [0.3, 0.4) is 0 Å². The number of aromatic nitrogens is 3. The highest BCUT2D eigenvalue weighted by Crippen LogP contribution is 2.56. The molecular weight excluding hydrogens is 543 g/mol. The third-order valence-electron chi connectivity index (χ3n) is 9.80. The molecular formula is C39H29N3S+2. The Hall–Kier alpha value is -4.67. The van der Waals surface area contributed by atoms with Gasteiger partial charge < -0.3 is 0 Å². The minimum absolute atomic E-state index is 0.0896. The van der Waals surface area contributed by atoms with Gasteiger partial charge in [-0.05, 0) is 64.2 Å². The van der Waals surface area contributed by atoms with Crippen LogP contribution in [0.4, 0.5) is 0 Å². The SMILES string of the molecule is CC(C)(C)c1ccc(-n2c3[n+]4c5c(cccc52)Sc2c-4c(cc4ccccc24)C32c3ccccc3-c3cccc[n+]32)cc1. The van der Waals surface area contributed by atoms with Crippen molar-refractivity contribution < 1.29 is 9.13 Å². The van der Waals surface area contributed by atoms with E-state index in [1.165, 1.54) is 76.7 Å². The van der Waals surface area contributed by atoms with E-state index in [0.717, 1.165) is 0 Å². The summed E-state index contributed by atoms with van der Waals surface area (Å²) in [5.41, 5.74) is 11.2. The molecule has 10 rings (SSSR count). The molecule has 0 fully saturated rings. The monoisotopic (exact) mass is 571 g/mol. The summed E-state index contributed by atoms with van der Waals surface area (Å²) in [5.74, 6) is 1.27. The third-order valence-corrected chi connectivity index (χ3v) is 11.0. The van der Waals surface area contributed by atoms with E-state index in [4.69, 9.17) is 0 Å². The fraction of sp³-hybridized carbons (Fsp3) is 0.128. The number of imidazole rings is 1. The van der Waals surface area contributed by atoms with E-state index in [1.54, 1.807) is 0 Å². The standard InChI is InChI=1S/C39H29N3S/c1-38(2,3)25-18-20-26(21-19-25)41-32-16-10-17-33-35(32)42-34-30(23-24-11-4-5-12-27(24)36(34)43-33)39(37(41)42)29-14-7-6-13-28(29)31-15-8-9-22-40(31)39/h4-23H,1-3H3/q+2. The molecule has 7 aromatic rings. The molecule has 2 aromatic heterocycles. The quantitative estimate of drug-likeness (QED) is 0.181. The van der Waals surface area contributed by atoms with E-state index in [1.807, 2.05) is 11.8 Å². The summed E-state index contributed by atoms with van der Waals surface area (Å²) in [6.07, 6.45) is 2.29. The summed E-state index contributed by atoms with van der Waals surface area (Å²) in [6, 6.07) is 43.2. The average Bonchev–Trinajstić information content (AvgIpc) is 3.63. The van der Waals surface area contributed by atoms with Gasteiger partial charge in [0.2, 0.25) is 5.69 Å². The summed E-state index contributed by atoms with van der Waals surface area (Å²) in [4.78, 5) is 2.65. The highest BCUT2D eigenvalue weighted by molar-refractivity contribution is 8.00. The van der Waals surface area contributed by atoms with Crippen LogP contribution >= 0.6 is 11.8 Å². The molecule has 0 saturated carbocycles. The number of para-hydroxylation sites is 1. The lowest BCUT2D eigenvalue weighted by Crippen LogP contribution is -2.57. The summed E-state index contributed by atoms with van der Waals surface area (Å²) in [6.45, 7) is 6.86. The Labute approximate surface area is 254 Å². The minimum Gasteiger partial charge on any atom is -0.185 e. The van der Waals surface area contributed by atoms with Crippen LogP contribution in [-0.2, 0) is 11.0 Å². The summed E-state index contributed by atoms with van der Waals surface area (Å²) >= 11 is 1.93. The van der Waals surface area contributed by atoms with Crippen LogP contribution in [-0.4, -0.2) is 4.57 Å². The number of pyridine rings is 1. The van der Waals surface area contributed by atoms with Crippen molar-refractivity contribution in [3.63, 3.8) is 0 Å². The van der Waals surface area contributed by atoms with E-state index in [0.29, 0.717) is 0 Å². The van der Waals surface area contributed by atoms with Crippen molar-refractivity contribution in [2.75, 3.05) is 0 Å². The fourth-order valence-electron chi connectivity index (χ4n) is 7.98. The lowest BCUT2D eigenvalue weighted by Gasteiger charge is -2.21. The van der Waals surface area contributed by atoms with Crippen molar-refractivity contribution in [2.45, 2.75) is 41.5 Å². The van der Waals surface area contributed by atoms with E-state index in [-0.39, 0.29) is 5.41 Å². The molecule has 0 amide bonds. The van der Waals surface area contributed by atoms with Crippen LogP contribution in [0.25, 0.3) is 44.4 Å². The van der Waals surface area contributed by atoms with Gasteiger partial charge in [-0.2, -0.15) is 13.7 Å². The fourth-order valence-corrected chi connectivity index (χ4v) is 9.23. The molecule has 4 heteroatoms. The van der Waals surface area contributed by atoms with Gasteiger partial charge in [-0.15, -0.1) is 0 Å². The molecule has 1 unspecified atom stereocenters. The maximum absolute atomic E-state index is 2.61. The summed E-state index contributed by atoms with van der Waals surface area (Å²) in [5, 5.41) is 2.60. The molecule has 0 saturated heterocycles. The first-order valence-corrected chi connectivity index (χ1v) is 15.9. The first kappa shape index (κ1) is 23.8. The number of benzene rings is 5. The van der Waals surface area contributed by atoms with Crippen molar-refractivity contribution in [3.8, 4) is 22.6 Å². The topological polar surface area (TPSA) is 12.7 Å². The van der Waals surface area contributed by atoms with Crippen LogP contribution in [0.15, 0.2) is 131 Å². The van der Waals surface area contributed by atoms with Gasteiger partial charge in [-0.3, -0.25) is 0 Å². The Bertz CT molecular complexity index is 2310. The predicted molar refractivity (Wildman–Crippen MR) is 172 cm³/mol. The van der Waals surface area contributed by atoms with E-state index in [2.05, 4.69) is 156 Å². The van der Waals surface area contributed by atoms with Gasteiger partial charge in [0.1, 0.15) is 5.69 Å². The molecule has 204 valence electrons. The van der Waals surface area contributed by atoms with Gasteiger partial charge in [-0.1, -0.05) is 93.2 Å². The predicted octanol–water partition coefficient (Wildman–Crippen LogP) is 8.24. The molecule has 3 aliphatic heterocycles. The van der Waals surface area contributed by atoms with E-state index >= 15 is 0 Å². The lowest BCUT2D eigenvalue weighted by atomic mass is 9.82. The molecule has 5 aromatic carbocycles. The zero-order valence-electron chi connectivity index (χ0n) is 24.3. The zero-order valence-corrected chi connectivity index (χ0v) is 25.1. The molecule has 43 heavy (non-hydrogen) atoms. The highest BCUT2D eigenvalue weighted by Gasteiger charge is 2.68. The zero-order chi connectivity index (χ0) is 28.7. The highest BCUT2D eigenvalue weighted by atomic mass is 32.2. The Balaban J connectivity index is 1.46. The second-order valence-electron chi connectivity index (χ2n) is 13.1. The van der Waals surface area contributed by atoms with Crippen LogP contribution in [0.1, 0.15) is 43.3 Å². The largest absolute Gasteiger partial charge is 0.352 e. The second kappa shape index (κ2) is 7.83. The third kappa shape index (κ3) is 2.74. The normalized spacial score (nSPS) is 17.2. The summed E-state index contributed by atoms with van der Waals surface area (Å²) < 4.78 is 7.71. The van der Waals surface area contributed by atoms with Gasteiger partial charge in [0.15, 0.2) is 22.9 Å². The Kier molecular flexibility index (Phi) is 4.34. The molecule has 3 nitrogen and oxygen atoms in total. The molecule has 0 radical (unpaired) electrons. The Morgan fingerprint density at radius 2 is 1.53 bits per heavy atom. The maximum atomic E-state index is 2.61. The average molecular weight is 572 g/mol. The molecule has 1 atom stereocenters. The van der Waals surface area contributed by atoms with Crippen molar-refractivity contribution in [1.82, 2.24) is 4.57 Å². The number of nitrogens with zero attached hydrogens (tertiary/aromatic N) is 3. The van der Waals surface area contributed by atoms with Crippen molar-refractivity contribution in [3.05, 3.63) is 144 Å². The minimum atomic E-state index is -0.537. The van der Waals surface area contributed by atoms with Gasteiger partial charge in [0.05, 0.1) is 26.5 Å². The Morgan fingerprint density at radius 1 is 0.744 bits per heavy atom. The molecule has 0 N–H and O–H groups in total. The number of hydrogen-bond acceptors (Lipinski definition) is 1. The molecule has 1 spiro atoms. The second-order valence-corrected chi connectivity index (χ2v) is 14.1.